The average molecular weight is 868 g/mol. The molecule has 0 atom stereocenters. The van der Waals surface area contributed by atoms with Crippen LogP contribution in [-0.4, -0.2) is 15.7 Å². The van der Waals surface area contributed by atoms with Gasteiger partial charge in [0.2, 0.25) is 0 Å². The van der Waals surface area contributed by atoms with E-state index in [4.69, 9.17) is 0 Å². The molecule has 65 heavy (non-hydrogen) atoms. The molecule has 0 spiro atoms. The van der Waals surface area contributed by atoms with E-state index in [1.807, 2.05) is 11.3 Å². The summed E-state index contributed by atoms with van der Waals surface area (Å²) in [4.78, 5) is 2.68. The van der Waals surface area contributed by atoms with Gasteiger partial charge in [0.15, 0.2) is 0 Å². The van der Waals surface area contributed by atoms with Crippen molar-refractivity contribution < 1.29 is 0 Å². The molecule has 6 heterocycles. The maximum Gasteiger partial charge on any atom is 0.264 e. The van der Waals surface area contributed by atoms with Crippen molar-refractivity contribution in [2.24, 2.45) is 0 Å². The van der Waals surface area contributed by atoms with Crippen molar-refractivity contribution >= 4 is 111 Å². The highest BCUT2D eigenvalue weighted by atomic mass is 32.1. The van der Waals surface area contributed by atoms with E-state index < -0.39 is 0 Å². The quantitative estimate of drug-likeness (QED) is 0.150. The average Bonchev–Trinajstić information content (AvgIpc) is 3.98. The van der Waals surface area contributed by atoms with Crippen molar-refractivity contribution in [1.29, 1.82) is 0 Å². The van der Waals surface area contributed by atoms with Gasteiger partial charge in [-0.1, -0.05) is 146 Å². The lowest BCUT2D eigenvalue weighted by atomic mass is 9.36. The van der Waals surface area contributed by atoms with Gasteiger partial charge in [-0.05, 0) is 120 Å². The van der Waals surface area contributed by atoms with Crippen LogP contribution in [0.25, 0.3) is 65.6 Å². The largest absolute Gasteiger partial charge is 0.311 e. The van der Waals surface area contributed by atoms with Crippen molar-refractivity contribution in [2.45, 2.75) is 131 Å². The van der Waals surface area contributed by atoms with Gasteiger partial charge in [0.25, 0.3) is 6.71 Å². The molecule has 6 aromatic carbocycles. The second-order valence-electron chi connectivity index (χ2n) is 24.8. The number of aromatic nitrogens is 2. The Balaban J connectivity index is 1.37. The van der Waals surface area contributed by atoms with Crippen molar-refractivity contribution in [3.05, 3.63) is 130 Å². The summed E-state index contributed by atoms with van der Waals surface area (Å²) in [7, 11) is 0. The molecule has 0 saturated carbocycles. The normalized spacial score (nSPS) is 14.6. The minimum absolute atomic E-state index is 0.0152. The Morgan fingerprint density at radius 2 is 0.892 bits per heavy atom. The predicted molar refractivity (Wildman–Crippen MR) is 286 cm³/mol. The summed E-state index contributed by atoms with van der Waals surface area (Å²) in [5.74, 6) is 0. The fraction of sp³-hybridized carbons (Fsp3) is 0.333. The topological polar surface area (TPSA) is 12.6 Å². The third-order valence-electron chi connectivity index (χ3n) is 15.3. The molecule has 2 aliphatic heterocycles. The highest BCUT2D eigenvalue weighted by Crippen LogP contribution is 2.53. The smallest absolute Gasteiger partial charge is 0.264 e. The van der Waals surface area contributed by atoms with E-state index in [2.05, 4.69) is 220 Å². The van der Waals surface area contributed by atoms with E-state index >= 15 is 0 Å². The van der Waals surface area contributed by atoms with Gasteiger partial charge in [-0.25, -0.2) is 0 Å². The van der Waals surface area contributed by atoms with Crippen molar-refractivity contribution in [1.82, 2.24) is 8.97 Å². The second kappa shape index (κ2) is 12.7. The van der Waals surface area contributed by atoms with E-state index in [1.165, 1.54) is 126 Å². The van der Waals surface area contributed by atoms with Gasteiger partial charge in [-0.15, -0.1) is 0 Å². The molecular weight excluding hydrogens is 806 g/mol. The molecule has 0 unspecified atom stereocenters. The van der Waals surface area contributed by atoms with Gasteiger partial charge in [-0.3, -0.25) is 0 Å². The van der Waals surface area contributed by atoms with Crippen LogP contribution in [0.3, 0.4) is 0 Å². The Bertz CT molecular complexity index is 3670. The third-order valence-corrected chi connectivity index (χ3v) is 16.3. The van der Waals surface area contributed by atoms with Crippen molar-refractivity contribution in [3.8, 4) is 5.69 Å². The molecule has 0 saturated heterocycles. The summed E-state index contributed by atoms with van der Waals surface area (Å²) in [5.41, 5.74) is 21.3. The zero-order valence-corrected chi connectivity index (χ0v) is 42.0. The molecule has 10 aromatic rings. The van der Waals surface area contributed by atoms with Crippen LogP contribution in [-0.2, 0) is 27.1 Å². The lowest BCUT2D eigenvalue weighted by Crippen LogP contribution is -2.59. The van der Waals surface area contributed by atoms with E-state index in [9.17, 15) is 0 Å². The number of hydrogen-bond donors (Lipinski definition) is 0. The van der Waals surface area contributed by atoms with Gasteiger partial charge in [0.05, 0.1) is 39.0 Å². The molecule has 0 fully saturated rings. The minimum atomic E-state index is -0.0217. The zero-order valence-electron chi connectivity index (χ0n) is 41.1. The molecule has 0 bridgehead atoms. The Labute approximate surface area is 389 Å². The number of hydrogen-bond acceptors (Lipinski definition) is 2. The predicted octanol–water partition coefficient (Wildman–Crippen LogP) is 15.1. The summed E-state index contributed by atoms with van der Waals surface area (Å²) in [5, 5.41) is 10.6. The van der Waals surface area contributed by atoms with Crippen LogP contribution in [0.1, 0.15) is 132 Å². The SMILES string of the molecule is CC(C)(C)c1ccc(N2c3ccc(C(C)(C)C)cc3B3c4c2c2c5cc(C(C)(C)C)ccc5n5c6ccc(C(C)(C)C)cc6c(c4-n4c6ccc(C(C)(C)C)cc6c6csc3c64)c25)cc1. The van der Waals surface area contributed by atoms with Crippen LogP contribution >= 0.6 is 11.3 Å². The van der Waals surface area contributed by atoms with Crippen LogP contribution in [0.2, 0.25) is 0 Å². The number of anilines is 3. The van der Waals surface area contributed by atoms with Gasteiger partial charge in [0.1, 0.15) is 0 Å². The first kappa shape index (κ1) is 41.0. The first-order valence-corrected chi connectivity index (χ1v) is 24.8. The minimum Gasteiger partial charge on any atom is -0.311 e. The summed E-state index contributed by atoms with van der Waals surface area (Å²) in [6, 6.07) is 39.1. The number of benzene rings is 6. The molecule has 2 aliphatic rings. The van der Waals surface area contributed by atoms with Gasteiger partial charge in [-0.2, -0.15) is 11.3 Å². The van der Waals surface area contributed by atoms with E-state index in [1.54, 1.807) is 0 Å². The highest BCUT2D eigenvalue weighted by Gasteiger charge is 2.47. The van der Waals surface area contributed by atoms with Gasteiger partial charge >= 0.3 is 0 Å². The molecule has 4 aromatic heterocycles. The van der Waals surface area contributed by atoms with E-state index in [0.29, 0.717) is 0 Å². The molecule has 326 valence electrons. The number of fused-ring (bicyclic) bond motifs is 15. The van der Waals surface area contributed by atoms with E-state index in [0.717, 1.165) is 0 Å². The molecule has 12 rings (SSSR count). The summed E-state index contributed by atoms with van der Waals surface area (Å²) >= 11 is 1.97. The standard InChI is InChI=1S/C60H62BN3S/c1-56(2,3)33-16-22-38(23-17-33)62-47-27-21-37(60(13,14)15)31-43(47)61-50-53(62)48-40-29-35(58(7,8)9)19-25-45(40)63-46-26-20-36(59(10,11)12)30-41(46)49(52(48)63)54(50)64-44-24-18-34(57(4,5)6)28-39(44)42-32-65-55(61)51(42)64/h16-32H,1-15H3. The molecule has 5 heteroatoms. The summed E-state index contributed by atoms with van der Waals surface area (Å²) in [6.07, 6.45) is 0. The number of thiophene rings is 1. The lowest BCUT2D eigenvalue weighted by Gasteiger charge is -2.41. The maximum atomic E-state index is 2.73. The monoisotopic (exact) mass is 867 g/mol. The van der Waals surface area contributed by atoms with Crippen LogP contribution in [0.5, 0.6) is 0 Å². The Kier molecular flexibility index (Phi) is 7.99. The Morgan fingerprint density at radius 1 is 0.431 bits per heavy atom. The molecule has 3 nitrogen and oxygen atoms in total. The van der Waals surface area contributed by atoms with Crippen LogP contribution in [0.4, 0.5) is 17.1 Å². The highest BCUT2D eigenvalue weighted by molar-refractivity contribution is 7.29. The Hall–Kier alpha value is -5.52. The van der Waals surface area contributed by atoms with Crippen molar-refractivity contribution in [2.75, 3.05) is 4.90 Å². The molecule has 0 radical (unpaired) electrons. The molecule has 0 aliphatic carbocycles. The first-order chi connectivity index (χ1) is 30.4. The maximum absolute atomic E-state index is 2.73. The lowest BCUT2D eigenvalue weighted by molar-refractivity contribution is 0.590. The van der Waals surface area contributed by atoms with Crippen LogP contribution < -0.4 is 20.6 Å². The van der Waals surface area contributed by atoms with Gasteiger partial charge in [0, 0.05) is 53.8 Å². The molecule has 0 amide bonds. The summed E-state index contributed by atoms with van der Waals surface area (Å²) < 4.78 is 6.82. The molecule has 0 N–H and O–H groups in total. The third kappa shape index (κ3) is 5.54. The molecular formula is C60H62BN3S. The van der Waals surface area contributed by atoms with Crippen molar-refractivity contribution in [3.63, 3.8) is 0 Å². The number of nitrogens with zero attached hydrogens (tertiary/aromatic N) is 3. The summed E-state index contributed by atoms with van der Waals surface area (Å²) in [6.45, 7) is 35.3. The fourth-order valence-electron chi connectivity index (χ4n) is 11.5. The van der Waals surface area contributed by atoms with Crippen LogP contribution in [0.15, 0.2) is 102 Å². The number of rotatable bonds is 1. The van der Waals surface area contributed by atoms with Gasteiger partial charge < -0.3 is 13.9 Å². The van der Waals surface area contributed by atoms with Crippen LogP contribution in [0, 0.1) is 0 Å². The fourth-order valence-corrected chi connectivity index (χ4v) is 12.7. The Morgan fingerprint density at radius 3 is 1.43 bits per heavy atom. The van der Waals surface area contributed by atoms with E-state index in [-0.39, 0.29) is 33.8 Å². The second-order valence-corrected chi connectivity index (χ2v) is 25.7. The zero-order chi connectivity index (χ0) is 45.8. The first-order valence-electron chi connectivity index (χ1n) is 23.9.